The SMILES string of the molecule is CCC1CN(C)c2cc(CCN)ccc2O1. The molecule has 0 fully saturated rings. The van der Waals surface area contributed by atoms with Crippen LogP contribution in [-0.4, -0.2) is 26.2 Å². The highest BCUT2D eigenvalue weighted by Gasteiger charge is 2.21. The second-order valence-corrected chi connectivity index (χ2v) is 4.37. The smallest absolute Gasteiger partial charge is 0.143 e. The van der Waals surface area contributed by atoms with Gasteiger partial charge < -0.3 is 15.4 Å². The largest absolute Gasteiger partial charge is 0.486 e. The van der Waals surface area contributed by atoms with Crippen molar-refractivity contribution in [2.45, 2.75) is 25.9 Å². The number of anilines is 1. The number of benzene rings is 1. The second-order valence-electron chi connectivity index (χ2n) is 4.37. The maximum Gasteiger partial charge on any atom is 0.143 e. The Morgan fingerprint density at radius 1 is 1.50 bits per heavy atom. The summed E-state index contributed by atoms with van der Waals surface area (Å²) < 4.78 is 5.91. The zero-order valence-electron chi connectivity index (χ0n) is 10.1. The fourth-order valence-electron chi connectivity index (χ4n) is 2.12. The van der Waals surface area contributed by atoms with Gasteiger partial charge in [-0.2, -0.15) is 0 Å². The van der Waals surface area contributed by atoms with Crippen molar-refractivity contribution in [1.29, 1.82) is 0 Å². The Bertz CT molecular complexity index is 365. The lowest BCUT2D eigenvalue weighted by atomic mass is 10.1. The Labute approximate surface area is 97.2 Å². The molecule has 2 rings (SSSR count). The van der Waals surface area contributed by atoms with Crippen molar-refractivity contribution in [2.24, 2.45) is 5.73 Å². The lowest BCUT2D eigenvalue weighted by Gasteiger charge is -2.33. The van der Waals surface area contributed by atoms with Crippen LogP contribution in [0, 0.1) is 0 Å². The van der Waals surface area contributed by atoms with Crippen molar-refractivity contribution < 1.29 is 4.74 Å². The topological polar surface area (TPSA) is 38.5 Å². The molecule has 1 atom stereocenters. The van der Waals surface area contributed by atoms with Gasteiger partial charge in [-0.15, -0.1) is 0 Å². The second kappa shape index (κ2) is 4.74. The molecular weight excluding hydrogens is 200 g/mol. The molecule has 0 saturated heterocycles. The molecule has 1 heterocycles. The van der Waals surface area contributed by atoms with E-state index in [2.05, 4.69) is 37.1 Å². The van der Waals surface area contributed by atoms with Crippen molar-refractivity contribution in [3.63, 3.8) is 0 Å². The molecule has 1 unspecified atom stereocenters. The van der Waals surface area contributed by atoms with Gasteiger partial charge in [-0.05, 0) is 37.1 Å². The first-order valence-corrected chi connectivity index (χ1v) is 5.95. The van der Waals surface area contributed by atoms with E-state index >= 15 is 0 Å². The molecule has 0 spiro atoms. The van der Waals surface area contributed by atoms with E-state index in [4.69, 9.17) is 10.5 Å². The molecule has 1 aromatic rings. The highest BCUT2D eigenvalue weighted by molar-refractivity contribution is 5.61. The summed E-state index contributed by atoms with van der Waals surface area (Å²) in [6, 6.07) is 6.37. The summed E-state index contributed by atoms with van der Waals surface area (Å²) in [4.78, 5) is 2.27. The van der Waals surface area contributed by atoms with Gasteiger partial charge >= 0.3 is 0 Å². The number of hydrogen-bond donors (Lipinski definition) is 1. The highest BCUT2D eigenvalue weighted by Crippen LogP contribution is 2.33. The van der Waals surface area contributed by atoms with Crippen molar-refractivity contribution in [3.05, 3.63) is 23.8 Å². The molecule has 0 amide bonds. The number of rotatable bonds is 3. The molecule has 0 aromatic heterocycles. The minimum atomic E-state index is 0.317. The molecule has 0 bridgehead atoms. The van der Waals surface area contributed by atoms with Crippen LogP contribution in [0.25, 0.3) is 0 Å². The standard InChI is InChI=1S/C13H20N2O/c1-3-11-9-15(2)12-8-10(6-7-14)4-5-13(12)16-11/h4-5,8,11H,3,6-7,9,14H2,1-2H3. The Morgan fingerprint density at radius 3 is 3.00 bits per heavy atom. The van der Waals surface area contributed by atoms with Gasteiger partial charge in [0.1, 0.15) is 11.9 Å². The molecule has 1 aliphatic rings. The molecule has 0 saturated carbocycles. The van der Waals surface area contributed by atoms with E-state index in [0.29, 0.717) is 12.6 Å². The van der Waals surface area contributed by atoms with Crippen molar-refractivity contribution >= 4 is 5.69 Å². The summed E-state index contributed by atoms with van der Waals surface area (Å²) in [5.41, 5.74) is 8.04. The third-order valence-electron chi connectivity index (χ3n) is 3.09. The van der Waals surface area contributed by atoms with Crippen LogP contribution in [0.3, 0.4) is 0 Å². The summed E-state index contributed by atoms with van der Waals surface area (Å²) in [7, 11) is 2.12. The lowest BCUT2D eigenvalue weighted by molar-refractivity contribution is 0.191. The number of hydrogen-bond acceptors (Lipinski definition) is 3. The predicted octanol–water partition coefficient (Wildman–Crippen LogP) is 1.79. The molecule has 0 aliphatic carbocycles. The fourth-order valence-corrected chi connectivity index (χ4v) is 2.12. The normalized spacial score (nSPS) is 19.2. The number of likely N-dealkylation sites (N-methyl/N-ethyl adjacent to an activating group) is 1. The van der Waals surface area contributed by atoms with E-state index in [1.165, 1.54) is 11.3 Å². The van der Waals surface area contributed by atoms with Crippen LogP contribution in [0.1, 0.15) is 18.9 Å². The van der Waals surface area contributed by atoms with Gasteiger partial charge in [-0.25, -0.2) is 0 Å². The Balaban J connectivity index is 2.26. The van der Waals surface area contributed by atoms with Crippen molar-refractivity contribution in [1.82, 2.24) is 0 Å². The van der Waals surface area contributed by atoms with Crippen LogP contribution in [0.2, 0.25) is 0 Å². The molecule has 2 N–H and O–H groups in total. The fraction of sp³-hybridized carbons (Fsp3) is 0.538. The van der Waals surface area contributed by atoms with Gasteiger partial charge in [-0.1, -0.05) is 13.0 Å². The van der Waals surface area contributed by atoms with E-state index in [9.17, 15) is 0 Å². The van der Waals surface area contributed by atoms with Crippen LogP contribution < -0.4 is 15.4 Å². The van der Waals surface area contributed by atoms with E-state index in [0.717, 1.165) is 25.1 Å². The summed E-state index contributed by atoms with van der Waals surface area (Å²) >= 11 is 0. The molecular formula is C13H20N2O. The van der Waals surface area contributed by atoms with E-state index in [-0.39, 0.29) is 0 Å². The number of nitrogens with two attached hydrogens (primary N) is 1. The molecule has 1 aliphatic heterocycles. The number of fused-ring (bicyclic) bond motifs is 1. The van der Waals surface area contributed by atoms with Gasteiger partial charge in [0.25, 0.3) is 0 Å². The molecule has 1 aromatic carbocycles. The monoisotopic (exact) mass is 220 g/mol. The highest BCUT2D eigenvalue weighted by atomic mass is 16.5. The Morgan fingerprint density at radius 2 is 2.31 bits per heavy atom. The van der Waals surface area contributed by atoms with E-state index in [1.807, 2.05) is 0 Å². The van der Waals surface area contributed by atoms with Gasteiger partial charge in [0.15, 0.2) is 0 Å². The van der Waals surface area contributed by atoms with Gasteiger partial charge in [0.05, 0.1) is 12.2 Å². The first-order chi connectivity index (χ1) is 7.74. The Kier molecular flexibility index (Phi) is 3.34. The quantitative estimate of drug-likeness (QED) is 0.844. The minimum Gasteiger partial charge on any atom is -0.486 e. The molecule has 3 heteroatoms. The third kappa shape index (κ3) is 2.14. The summed E-state index contributed by atoms with van der Waals surface area (Å²) in [6.45, 7) is 3.82. The van der Waals surface area contributed by atoms with Gasteiger partial charge in [-0.3, -0.25) is 0 Å². The van der Waals surface area contributed by atoms with E-state index < -0.39 is 0 Å². The average molecular weight is 220 g/mol. The van der Waals surface area contributed by atoms with Crippen LogP contribution in [0.5, 0.6) is 5.75 Å². The van der Waals surface area contributed by atoms with Crippen LogP contribution in [0.15, 0.2) is 18.2 Å². The van der Waals surface area contributed by atoms with Crippen LogP contribution in [0.4, 0.5) is 5.69 Å². The molecule has 3 nitrogen and oxygen atoms in total. The van der Waals surface area contributed by atoms with Crippen LogP contribution in [-0.2, 0) is 6.42 Å². The number of ether oxygens (including phenoxy) is 1. The van der Waals surface area contributed by atoms with Crippen molar-refractivity contribution in [2.75, 3.05) is 25.0 Å². The minimum absolute atomic E-state index is 0.317. The summed E-state index contributed by atoms with van der Waals surface area (Å²) in [5, 5.41) is 0. The number of nitrogens with zero attached hydrogens (tertiary/aromatic N) is 1. The van der Waals surface area contributed by atoms with Crippen molar-refractivity contribution in [3.8, 4) is 5.75 Å². The third-order valence-corrected chi connectivity index (χ3v) is 3.09. The lowest BCUT2D eigenvalue weighted by Crippen LogP contribution is -2.37. The maximum absolute atomic E-state index is 5.91. The first-order valence-electron chi connectivity index (χ1n) is 5.95. The molecule has 0 radical (unpaired) electrons. The maximum atomic E-state index is 5.91. The zero-order valence-corrected chi connectivity index (χ0v) is 10.1. The Hall–Kier alpha value is -1.22. The predicted molar refractivity (Wildman–Crippen MR) is 67.2 cm³/mol. The summed E-state index contributed by atoms with van der Waals surface area (Å²) in [5.74, 6) is 1.00. The molecule has 16 heavy (non-hydrogen) atoms. The van der Waals surface area contributed by atoms with Crippen LogP contribution >= 0.6 is 0 Å². The zero-order chi connectivity index (χ0) is 11.5. The average Bonchev–Trinajstić information content (AvgIpc) is 2.30. The summed E-state index contributed by atoms with van der Waals surface area (Å²) in [6.07, 6.45) is 2.30. The molecule has 88 valence electrons. The van der Waals surface area contributed by atoms with Gasteiger partial charge in [0.2, 0.25) is 0 Å². The first kappa shape index (κ1) is 11.3. The van der Waals surface area contributed by atoms with Gasteiger partial charge in [0, 0.05) is 7.05 Å². The van der Waals surface area contributed by atoms with E-state index in [1.54, 1.807) is 0 Å².